The second-order valence-electron chi connectivity index (χ2n) is 10.9. The molecule has 7 heteroatoms. The molecule has 1 spiro atoms. The topological polar surface area (TPSA) is 73.9 Å². The van der Waals surface area contributed by atoms with Crippen molar-refractivity contribution in [2.24, 2.45) is 0 Å². The molecule has 33 heavy (non-hydrogen) atoms. The van der Waals surface area contributed by atoms with E-state index in [1.165, 1.54) is 18.4 Å². The van der Waals surface area contributed by atoms with E-state index in [0.717, 1.165) is 58.0 Å². The Labute approximate surface area is 196 Å². The average molecular weight is 453 g/mol. The molecule has 5 aliphatic rings. The SMILES string of the molecule is O=C(NC1CC1)N[C@H](CCN1[C@H]2CC[C@H]1CC1(C2)CN(C2CC2)C(=O)CO1)c1ccccc1. The van der Waals surface area contributed by atoms with E-state index in [2.05, 4.69) is 32.6 Å². The van der Waals surface area contributed by atoms with Crippen molar-refractivity contribution in [1.29, 1.82) is 0 Å². The van der Waals surface area contributed by atoms with E-state index in [0.29, 0.717) is 24.2 Å². The first-order chi connectivity index (χ1) is 16.1. The molecule has 0 unspecified atom stereocenters. The lowest BCUT2D eigenvalue weighted by Crippen LogP contribution is -2.61. The number of nitrogens with one attached hydrogen (secondary N) is 2. The van der Waals surface area contributed by atoms with Crippen LogP contribution < -0.4 is 10.6 Å². The number of benzene rings is 1. The fraction of sp³-hybridized carbons (Fsp3) is 0.692. The zero-order valence-electron chi connectivity index (χ0n) is 19.4. The Hall–Kier alpha value is -2.12. The number of rotatable bonds is 7. The first-order valence-electron chi connectivity index (χ1n) is 12.9. The highest BCUT2D eigenvalue weighted by Gasteiger charge is 2.53. The monoisotopic (exact) mass is 452 g/mol. The number of morpholine rings is 1. The summed E-state index contributed by atoms with van der Waals surface area (Å²) < 4.78 is 6.26. The van der Waals surface area contributed by atoms with Crippen LogP contribution in [0.3, 0.4) is 0 Å². The van der Waals surface area contributed by atoms with Crippen LogP contribution in [-0.2, 0) is 9.53 Å². The lowest BCUT2D eigenvalue weighted by atomic mass is 9.84. The third kappa shape index (κ3) is 4.62. The number of piperidine rings is 1. The van der Waals surface area contributed by atoms with Crippen molar-refractivity contribution in [2.75, 3.05) is 19.7 Å². The summed E-state index contributed by atoms with van der Waals surface area (Å²) in [4.78, 5) is 29.7. The molecule has 6 rings (SSSR count). The highest BCUT2D eigenvalue weighted by Crippen LogP contribution is 2.45. The second kappa shape index (κ2) is 8.58. The van der Waals surface area contributed by atoms with Crippen molar-refractivity contribution in [2.45, 2.75) is 93.6 Å². The molecular weight excluding hydrogens is 416 g/mol. The summed E-state index contributed by atoms with van der Waals surface area (Å²) in [6, 6.07) is 12.1. The third-order valence-electron chi connectivity index (χ3n) is 8.35. The van der Waals surface area contributed by atoms with Crippen LogP contribution in [0.2, 0.25) is 0 Å². The molecule has 2 N–H and O–H groups in total. The zero-order valence-corrected chi connectivity index (χ0v) is 19.4. The third-order valence-corrected chi connectivity index (χ3v) is 8.35. The average Bonchev–Trinajstić information content (AvgIpc) is 3.73. The van der Waals surface area contributed by atoms with E-state index >= 15 is 0 Å². The maximum absolute atomic E-state index is 12.5. The number of urea groups is 1. The number of ether oxygens (including phenoxy) is 1. The van der Waals surface area contributed by atoms with Crippen molar-refractivity contribution in [1.82, 2.24) is 20.4 Å². The summed E-state index contributed by atoms with van der Waals surface area (Å²) in [5.74, 6) is 0.180. The van der Waals surface area contributed by atoms with Crippen LogP contribution >= 0.6 is 0 Å². The first-order valence-corrected chi connectivity index (χ1v) is 12.9. The van der Waals surface area contributed by atoms with Crippen molar-refractivity contribution in [3.05, 3.63) is 35.9 Å². The van der Waals surface area contributed by atoms with E-state index in [1.54, 1.807) is 0 Å². The summed E-state index contributed by atoms with van der Waals surface area (Å²) in [6.45, 7) is 2.01. The largest absolute Gasteiger partial charge is 0.363 e. The molecule has 2 saturated carbocycles. The predicted molar refractivity (Wildman–Crippen MR) is 125 cm³/mol. The Kier molecular flexibility index (Phi) is 5.57. The highest BCUT2D eigenvalue weighted by molar-refractivity contribution is 5.79. The minimum absolute atomic E-state index is 0.00847. The van der Waals surface area contributed by atoms with E-state index in [-0.39, 0.29) is 30.2 Å². The van der Waals surface area contributed by atoms with Gasteiger partial charge >= 0.3 is 6.03 Å². The Bertz CT molecular complexity index is 871. The van der Waals surface area contributed by atoms with E-state index < -0.39 is 0 Å². The molecule has 1 aromatic rings. The lowest BCUT2D eigenvalue weighted by molar-refractivity contribution is -0.177. The molecular formula is C26H36N4O3. The van der Waals surface area contributed by atoms with Gasteiger partial charge in [-0.15, -0.1) is 0 Å². The van der Waals surface area contributed by atoms with Crippen molar-refractivity contribution >= 4 is 11.9 Å². The number of fused-ring (bicyclic) bond motifs is 2. The van der Waals surface area contributed by atoms with Crippen molar-refractivity contribution in [3.8, 4) is 0 Å². The Balaban J connectivity index is 1.10. The van der Waals surface area contributed by atoms with Gasteiger partial charge in [0.2, 0.25) is 5.91 Å². The number of amides is 3. The number of carbonyl (C=O) groups excluding carboxylic acids is 2. The second-order valence-corrected chi connectivity index (χ2v) is 10.9. The van der Waals surface area contributed by atoms with Gasteiger partial charge in [0.15, 0.2) is 0 Å². The normalized spacial score (nSPS) is 32.7. The summed E-state index contributed by atoms with van der Waals surface area (Å²) in [5.41, 5.74) is 1.01. The number of hydrogen-bond donors (Lipinski definition) is 2. The molecule has 2 aliphatic carbocycles. The van der Waals surface area contributed by atoms with Gasteiger partial charge in [-0.25, -0.2) is 4.79 Å². The highest BCUT2D eigenvalue weighted by atomic mass is 16.5. The van der Waals surface area contributed by atoms with Gasteiger partial charge in [0.05, 0.1) is 18.2 Å². The van der Waals surface area contributed by atoms with E-state index in [9.17, 15) is 9.59 Å². The molecule has 0 radical (unpaired) electrons. The van der Waals surface area contributed by atoms with Crippen LogP contribution in [0.4, 0.5) is 4.79 Å². The summed E-state index contributed by atoms with van der Waals surface area (Å²) >= 11 is 0. The smallest absolute Gasteiger partial charge is 0.315 e. The van der Waals surface area contributed by atoms with Crippen LogP contribution in [0, 0.1) is 0 Å². The van der Waals surface area contributed by atoms with Gasteiger partial charge in [0, 0.05) is 30.7 Å². The molecule has 3 amide bonds. The first kappa shape index (κ1) is 21.4. The van der Waals surface area contributed by atoms with Gasteiger partial charge in [0.1, 0.15) is 6.61 Å². The van der Waals surface area contributed by atoms with Crippen LogP contribution in [0.25, 0.3) is 0 Å². The van der Waals surface area contributed by atoms with Gasteiger partial charge in [-0.2, -0.15) is 0 Å². The Morgan fingerprint density at radius 2 is 1.73 bits per heavy atom. The minimum atomic E-state index is -0.153. The molecule has 5 fully saturated rings. The summed E-state index contributed by atoms with van der Waals surface area (Å²) in [7, 11) is 0. The lowest BCUT2D eigenvalue weighted by Gasteiger charge is -2.50. The van der Waals surface area contributed by atoms with Crippen LogP contribution in [0.15, 0.2) is 30.3 Å². The molecule has 3 atom stereocenters. The molecule has 3 heterocycles. The fourth-order valence-electron chi connectivity index (χ4n) is 6.37. The van der Waals surface area contributed by atoms with Gasteiger partial charge in [-0.05, 0) is 63.4 Å². The van der Waals surface area contributed by atoms with Crippen molar-refractivity contribution in [3.63, 3.8) is 0 Å². The standard InChI is InChI=1S/C26H36N4O3/c31-24-16-33-26(17-30(24)20-8-9-20)14-21-10-11-22(15-26)29(21)13-12-23(18-4-2-1-3-5-18)28-25(32)27-19-6-7-19/h1-5,19-23H,6-17H2,(H2,27,28,32)/t21-,22-,23+/m0/s1. The molecule has 2 bridgehead atoms. The van der Waals surface area contributed by atoms with Crippen molar-refractivity contribution < 1.29 is 14.3 Å². The quantitative estimate of drug-likeness (QED) is 0.667. The molecule has 3 saturated heterocycles. The van der Waals surface area contributed by atoms with Gasteiger partial charge in [-0.1, -0.05) is 30.3 Å². The maximum Gasteiger partial charge on any atom is 0.315 e. The Morgan fingerprint density at radius 3 is 2.39 bits per heavy atom. The summed E-state index contributed by atoms with van der Waals surface area (Å²) in [6.07, 6.45) is 9.85. The zero-order chi connectivity index (χ0) is 22.4. The van der Waals surface area contributed by atoms with Gasteiger partial charge in [-0.3, -0.25) is 9.69 Å². The minimum Gasteiger partial charge on any atom is -0.363 e. The number of carbonyl (C=O) groups is 2. The van der Waals surface area contributed by atoms with Gasteiger partial charge in [0.25, 0.3) is 0 Å². The summed E-state index contributed by atoms with van der Waals surface area (Å²) in [5, 5.41) is 6.31. The predicted octanol–water partition coefficient (Wildman–Crippen LogP) is 2.97. The van der Waals surface area contributed by atoms with Crippen LogP contribution in [-0.4, -0.2) is 71.2 Å². The molecule has 3 aliphatic heterocycles. The fourth-order valence-corrected chi connectivity index (χ4v) is 6.37. The molecule has 178 valence electrons. The van der Waals surface area contributed by atoms with E-state index in [1.807, 2.05) is 18.2 Å². The van der Waals surface area contributed by atoms with Crippen LogP contribution in [0.5, 0.6) is 0 Å². The van der Waals surface area contributed by atoms with Gasteiger partial charge < -0.3 is 20.3 Å². The molecule has 0 aromatic heterocycles. The van der Waals surface area contributed by atoms with E-state index in [4.69, 9.17) is 4.74 Å². The Morgan fingerprint density at radius 1 is 1.03 bits per heavy atom. The van der Waals surface area contributed by atoms with Crippen LogP contribution in [0.1, 0.15) is 69.4 Å². The number of hydrogen-bond acceptors (Lipinski definition) is 4. The maximum atomic E-state index is 12.5. The molecule has 1 aromatic carbocycles. The number of nitrogens with zero attached hydrogens (tertiary/aromatic N) is 2. The molecule has 7 nitrogen and oxygen atoms in total.